The van der Waals surface area contributed by atoms with Crippen molar-refractivity contribution in [3.63, 3.8) is 0 Å². The lowest BCUT2D eigenvalue weighted by atomic mass is 10.1. The molecule has 0 aliphatic carbocycles. The van der Waals surface area contributed by atoms with E-state index in [4.69, 9.17) is 5.73 Å². The number of aryl methyl sites for hydroxylation is 1. The van der Waals surface area contributed by atoms with E-state index < -0.39 is 0 Å². The van der Waals surface area contributed by atoms with E-state index >= 15 is 0 Å². The molecule has 1 aromatic carbocycles. The topological polar surface area (TPSA) is 92.1 Å². The number of hydrogen-bond acceptors (Lipinski definition) is 4. The van der Waals surface area contributed by atoms with Crippen LogP contribution in [-0.4, -0.2) is 33.5 Å². The van der Waals surface area contributed by atoms with Crippen LogP contribution in [0.4, 0.5) is 5.82 Å². The zero-order valence-corrected chi connectivity index (χ0v) is 11.7. The molecule has 2 heterocycles. The Morgan fingerprint density at radius 3 is 2.33 bits per heavy atom. The Morgan fingerprint density at radius 1 is 1.19 bits per heavy atom. The predicted octanol–water partition coefficient (Wildman–Crippen LogP) is 1.53. The summed E-state index contributed by atoms with van der Waals surface area (Å²) >= 11 is 0. The summed E-state index contributed by atoms with van der Waals surface area (Å²) < 4.78 is 0. The Balaban J connectivity index is 1.68. The molecule has 0 saturated carbocycles. The highest BCUT2D eigenvalue weighted by Gasteiger charge is 2.34. The van der Waals surface area contributed by atoms with Crippen molar-refractivity contribution in [1.29, 1.82) is 0 Å². The maximum Gasteiger partial charge on any atom is 0.261 e. The van der Waals surface area contributed by atoms with Gasteiger partial charge in [-0.3, -0.25) is 19.6 Å². The van der Waals surface area contributed by atoms with E-state index in [1.165, 1.54) is 4.90 Å². The minimum absolute atomic E-state index is 0.215. The summed E-state index contributed by atoms with van der Waals surface area (Å²) in [5.41, 5.74) is 8.58. The summed E-state index contributed by atoms with van der Waals surface area (Å²) in [6.45, 7) is 2.26. The van der Waals surface area contributed by atoms with Crippen molar-refractivity contribution in [3.8, 4) is 0 Å². The molecule has 0 radical (unpaired) electrons. The molecule has 1 aromatic heterocycles. The second kappa shape index (κ2) is 5.05. The Bertz CT molecular complexity index is 666. The van der Waals surface area contributed by atoms with Crippen molar-refractivity contribution in [2.24, 2.45) is 0 Å². The number of fused-ring (bicyclic) bond motifs is 1. The van der Waals surface area contributed by atoms with Crippen LogP contribution >= 0.6 is 0 Å². The van der Waals surface area contributed by atoms with Crippen LogP contribution in [0.1, 0.15) is 38.4 Å². The average Bonchev–Trinajstić information content (AvgIpc) is 2.93. The van der Waals surface area contributed by atoms with Gasteiger partial charge in [0.2, 0.25) is 0 Å². The van der Waals surface area contributed by atoms with Gasteiger partial charge in [-0.25, -0.2) is 0 Å². The maximum atomic E-state index is 12.2. The molecule has 2 amide bonds. The molecule has 1 aliphatic rings. The zero-order chi connectivity index (χ0) is 15.0. The largest absolute Gasteiger partial charge is 0.384 e. The number of nitrogens with zero attached hydrogens (tertiary/aromatic N) is 2. The molecule has 108 valence electrons. The number of hydrogen-bond donors (Lipinski definition) is 2. The van der Waals surface area contributed by atoms with E-state index in [1.807, 2.05) is 6.92 Å². The number of benzene rings is 1. The number of anilines is 1. The minimum Gasteiger partial charge on any atom is -0.384 e. The number of rotatable bonds is 4. The van der Waals surface area contributed by atoms with Crippen LogP contribution in [0.3, 0.4) is 0 Å². The van der Waals surface area contributed by atoms with Crippen molar-refractivity contribution in [2.75, 3.05) is 12.3 Å². The number of nitrogens with one attached hydrogen (secondary N) is 1. The SMILES string of the molecule is Cc1n[nH]c(N)c1CCCN1C(=O)c2ccccc2C1=O. The highest BCUT2D eigenvalue weighted by atomic mass is 16.2. The number of carbonyl (C=O) groups is 2. The van der Waals surface area contributed by atoms with Gasteiger partial charge in [0.05, 0.1) is 16.8 Å². The van der Waals surface area contributed by atoms with Gasteiger partial charge < -0.3 is 5.73 Å². The van der Waals surface area contributed by atoms with Gasteiger partial charge in [-0.05, 0) is 31.9 Å². The van der Waals surface area contributed by atoms with Gasteiger partial charge in [0, 0.05) is 12.1 Å². The number of carbonyl (C=O) groups excluding carboxylic acids is 2. The fraction of sp³-hybridized carbons (Fsp3) is 0.267. The third-order valence-corrected chi connectivity index (χ3v) is 3.79. The molecule has 0 saturated heterocycles. The normalized spacial score (nSPS) is 13.9. The second-order valence-corrected chi connectivity index (χ2v) is 5.11. The Labute approximate surface area is 121 Å². The molecule has 3 rings (SSSR count). The predicted molar refractivity (Wildman–Crippen MR) is 77.9 cm³/mol. The molecular weight excluding hydrogens is 268 g/mol. The van der Waals surface area contributed by atoms with Gasteiger partial charge in [0.15, 0.2) is 0 Å². The fourth-order valence-corrected chi connectivity index (χ4v) is 2.65. The monoisotopic (exact) mass is 284 g/mol. The van der Waals surface area contributed by atoms with E-state index in [1.54, 1.807) is 24.3 Å². The van der Waals surface area contributed by atoms with Crippen LogP contribution < -0.4 is 5.73 Å². The summed E-state index contributed by atoms with van der Waals surface area (Å²) in [5.74, 6) is 0.120. The number of aromatic amines is 1. The van der Waals surface area contributed by atoms with Crippen LogP contribution in [-0.2, 0) is 6.42 Å². The molecule has 6 nitrogen and oxygen atoms in total. The average molecular weight is 284 g/mol. The maximum absolute atomic E-state index is 12.2. The van der Waals surface area contributed by atoms with E-state index in [0.717, 1.165) is 11.3 Å². The third kappa shape index (κ3) is 2.18. The third-order valence-electron chi connectivity index (χ3n) is 3.79. The first kappa shape index (κ1) is 13.4. The lowest BCUT2D eigenvalue weighted by Gasteiger charge is -2.13. The molecule has 21 heavy (non-hydrogen) atoms. The van der Waals surface area contributed by atoms with Gasteiger partial charge in [-0.15, -0.1) is 0 Å². The number of nitrogens with two attached hydrogens (primary N) is 1. The van der Waals surface area contributed by atoms with Gasteiger partial charge in [-0.1, -0.05) is 12.1 Å². The van der Waals surface area contributed by atoms with Crippen molar-refractivity contribution in [1.82, 2.24) is 15.1 Å². The van der Waals surface area contributed by atoms with Crippen LogP contribution in [0.5, 0.6) is 0 Å². The number of aromatic nitrogens is 2. The highest BCUT2D eigenvalue weighted by Crippen LogP contribution is 2.23. The minimum atomic E-state index is -0.215. The van der Waals surface area contributed by atoms with Crippen molar-refractivity contribution in [3.05, 3.63) is 46.6 Å². The van der Waals surface area contributed by atoms with E-state index in [2.05, 4.69) is 10.2 Å². The van der Waals surface area contributed by atoms with Crippen molar-refractivity contribution in [2.45, 2.75) is 19.8 Å². The molecule has 0 unspecified atom stereocenters. The lowest BCUT2D eigenvalue weighted by Crippen LogP contribution is -2.31. The first-order chi connectivity index (χ1) is 10.1. The first-order valence-electron chi connectivity index (χ1n) is 6.84. The number of imide groups is 1. The first-order valence-corrected chi connectivity index (χ1v) is 6.84. The number of nitrogen functional groups attached to an aromatic ring is 1. The molecular formula is C15H16N4O2. The summed E-state index contributed by atoms with van der Waals surface area (Å²) in [6, 6.07) is 6.91. The zero-order valence-electron chi connectivity index (χ0n) is 11.7. The molecule has 3 N–H and O–H groups in total. The van der Waals surface area contributed by atoms with E-state index in [9.17, 15) is 9.59 Å². The van der Waals surface area contributed by atoms with Gasteiger partial charge in [0.25, 0.3) is 11.8 Å². The summed E-state index contributed by atoms with van der Waals surface area (Å²) in [5, 5.41) is 6.76. The van der Waals surface area contributed by atoms with Crippen LogP contribution in [0.15, 0.2) is 24.3 Å². The molecule has 2 aromatic rings. The van der Waals surface area contributed by atoms with Crippen molar-refractivity contribution >= 4 is 17.6 Å². The molecule has 1 aliphatic heterocycles. The fourth-order valence-electron chi connectivity index (χ4n) is 2.65. The number of H-pyrrole nitrogens is 1. The Morgan fingerprint density at radius 2 is 1.81 bits per heavy atom. The lowest BCUT2D eigenvalue weighted by molar-refractivity contribution is 0.0652. The molecule has 0 fully saturated rings. The summed E-state index contributed by atoms with van der Waals surface area (Å²) in [4.78, 5) is 25.7. The van der Waals surface area contributed by atoms with E-state index in [0.29, 0.717) is 36.3 Å². The van der Waals surface area contributed by atoms with E-state index in [-0.39, 0.29) is 11.8 Å². The van der Waals surface area contributed by atoms with Gasteiger partial charge >= 0.3 is 0 Å². The molecule has 0 bridgehead atoms. The van der Waals surface area contributed by atoms with Crippen LogP contribution in [0, 0.1) is 6.92 Å². The van der Waals surface area contributed by atoms with Gasteiger partial charge in [0.1, 0.15) is 5.82 Å². The van der Waals surface area contributed by atoms with Crippen LogP contribution in [0.2, 0.25) is 0 Å². The number of amides is 2. The van der Waals surface area contributed by atoms with Gasteiger partial charge in [-0.2, -0.15) is 5.10 Å². The highest BCUT2D eigenvalue weighted by molar-refractivity contribution is 6.21. The quantitative estimate of drug-likeness (QED) is 0.833. The Kier molecular flexibility index (Phi) is 3.21. The molecule has 0 spiro atoms. The molecule has 0 atom stereocenters. The second-order valence-electron chi connectivity index (χ2n) is 5.11. The van der Waals surface area contributed by atoms with Crippen LogP contribution in [0.25, 0.3) is 0 Å². The smallest absolute Gasteiger partial charge is 0.261 e. The standard InChI is InChI=1S/C15H16N4O2/c1-9-10(13(16)18-17-9)7-4-8-19-14(20)11-5-2-3-6-12(11)15(19)21/h2-3,5-6H,4,7-8H2,1H3,(H3,16,17,18). The molecule has 6 heteroatoms. The van der Waals surface area contributed by atoms with Crippen molar-refractivity contribution < 1.29 is 9.59 Å². The summed E-state index contributed by atoms with van der Waals surface area (Å²) in [7, 11) is 0. The Hall–Kier alpha value is -2.63. The summed E-state index contributed by atoms with van der Waals surface area (Å²) in [6.07, 6.45) is 1.34.